The van der Waals surface area contributed by atoms with E-state index in [0.717, 1.165) is 31.6 Å². The number of benzene rings is 1. The van der Waals surface area contributed by atoms with Crippen molar-refractivity contribution in [3.63, 3.8) is 0 Å². The molecule has 2 atom stereocenters. The zero-order chi connectivity index (χ0) is 15.2. The van der Waals surface area contributed by atoms with Crippen LogP contribution >= 0.6 is 15.9 Å². The van der Waals surface area contributed by atoms with Crippen molar-refractivity contribution in [1.82, 2.24) is 5.32 Å². The Morgan fingerprint density at radius 3 is 2.90 bits per heavy atom. The van der Waals surface area contributed by atoms with Crippen molar-refractivity contribution in [2.45, 2.75) is 44.4 Å². The Hall–Kier alpha value is -1.03. The van der Waals surface area contributed by atoms with Crippen molar-refractivity contribution in [3.05, 3.63) is 29.8 Å². The molecule has 1 aromatic carbocycles. The van der Waals surface area contributed by atoms with E-state index in [2.05, 4.69) is 41.2 Å². The van der Waals surface area contributed by atoms with E-state index in [1.54, 1.807) is 0 Å². The summed E-state index contributed by atoms with van der Waals surface area (Å²) >= 11 is 3.74. The lowest BCUT2D eigenvalue weighted by Gasteiger charge is -2.21. The van der Waals surface area contributed by atoms with E-state index >= 15 is 0 Å². The van der Waals surface area contributed by atoms with Crippen LogP contribution in [0.2, 0.25) is 0 Å². The summed E-state index contributed by atoms with van der Waals surface area (Å²) in [6.45, 7) is 5.97. The monoisotopic (exact) mass is 352 g/mol. The van der Waals surface area contributed by atoms with Gasteiger partial charge in [0, 0.05) is 23.6 Å². The summed E-state index contributed by atoms with van der Waals surface area (Å²) in [5, 5.41) is 3.06. The highest BCUT2D eigenvalue weighted by atomic mass is 79.9. The van der Waals surface area contributed by atoms with Crippen molar-refractivity contribution >= 4 is 27.6 Å². The number of amides is 2. The van der Waals surface area contributed by atoms with Crippen molar-refractivity contribution in [1.29, 1.82) is 0 Å². The van der Waals surface area contributed by atoms with Gasteiger partial charge in [-0.05, 0) is 36.8 Å². The molecule has 1 heterocycles. The highest BCUT2D eigenvalue weighted by Crippen LogP contribution is 2.27. The van der Waals surface area contributed by atoms with E-state index in [9.17, 15) is 4.79 Å². The number of anilines is 1. The molecule has 0 fully saturated rings. The minimum atomic E-state index is 0.0359. The minimum Gasteiger partial charge on any atom is -0.338 e. The Bertz CT molecular complexity index is 478. The van der Waals surface area contributed by atoms with Gasteiger partial charge >= 0.3 is 6.03 Å². The van der Waals surface area contributed by atoms with Crippen LogP contribution in [0.15, 0.2) is 24.3 Å². The summed E-state index contributed by atoms with van der Waals surface area (Å²) in [6, 6.07) is 8.19. The van der Waals surface area contributed by atoms with Gasteiger partial charge in [0.15, 0.2) is 0 Å². The first-order chi connectivity index (χ1) is 10.1. The third kappa shape index (κ3) is 4.22. The molecule has 1 N–H and O–H groups in total. The number of nitrogens with zero attached hydrogens (tertiary/aromatic N) is 1. The minimum absolute atomic E-state index is 0.0359. The van der Waals surface area contributed by atoms with Gasteiger partial charge in [-0.15, -0.1) is 0 Å². The Balaban J connectivity index is 1.79. The SMILES string of the molecule is CCCC(Br)C(C)CCNC(=O)N1CCc2ccccc21. The molecule has 116 valence electrons. The number of carbonyl (C=O) groups excluding carboxylic acids is 1. The predicted octanol–water partition coefficient (Wildman–Crippen LogP) is 4.35. The number of carbonyl (C=O) groups is 1. The molecule has 3 nitrogen and oxygen atoms in total. The maximum atomic E-state index is 12.3. The molecule has 2 amide bonds. The van der Waals surface area contributed by atoms with Gasteiger partial charge < -0.3 is 5.32 Å². The Morgan fingerprint density at radius 2 is 2.14 bits per heavy atom. The Labute approximate surface area is 136 Å². The molecule has 1 aliphatic heterocycles. The van der Waals surface area contributed by atoms with Gasteiger partial charge in [0.25, 0.3) is 0 Å². The average molecular weight is 353 g/mol. The largest absolute Gasteiger partial charge is 0.338 e. The predicted molar refractivity (Wildman–Crippen MR) is 92.3 cm³/mol. The number of hydrogen-bond acceptors (Lipinski definition) is 1. The Kier molecular flexibility index (Phi) is 6.09. The fraction of sp³-hybridized carbons (Fsp3) is 0.588. The standard InChI is InChI=1S/C17H25BrN2O/c1-3-6-15(18)13(2)9-11-19-17(21)20-12-10-14-7-4-5-8-16(14)20/h4-5,7-8,13,15H,3,6,9-12H2,1-2H3,(H,19,21). The van der Waals surface area contributed by atoms with Crippen molar-refractivity contribution in [2.75, 3.05) is 18.0 Å². The molecular formula is C17H25BrN2O. The molecule has 0 spiro atoms. The van der Waals surface area contributed by atoms with Crippen molar-refractivity contribution in [3.8, 4) is 0 Å². The maximum absolute atomic E-state index is 12.3. The van der Waals surface area contributed by atoms with Crippen LogP contribution < -0.4 is 10.2 Å². The lowest BCUT2D eigenvalue weighted by molar-refractivity contribution is 0.246. The maximum Gasteiger partial charge on any atom is 0.321 e. The van der Waals surface area contributed by atoms with Crippen LogP contribution in [0, 0.1) is 5.92 Å². The van der Waals surface area contributed by atoms with Gasteiger partial charge in [0.2, 0.25) is 0 Å². The quantitative estimate of drug-likeness (QED) is 0.758. The summed E-state index contributed by atoms with van der Waals surface area (Å²) in [5.41, 5.74) is 2.33. The zero-order valence-electron chi connectivity index (χ0n) is 12.9. The molecule has 4 heteroatoms. The normalized spacial score (nSPS) is 16.4. The summed E-state index contributed by atoms with van der Waals surface area (Å²) in [7, 11) is 0. The van der Waals surface area contributed by atoms with E-state index in [1.165, 1.54) is 18.4 Å². The summed E-state index contributed by atoms with van der Waals surface area (Å²) < 4.78 is 0. The van der Waals surface area contributed by atoms with Gasteiger partial charge in [0.1, 0.15) is 0 Å². The second kappa shape index (κ2) is 7.83. The summed E-state index contributed by atoms with van der Waals surface area (Å²) in [4.78, 5) is 14.7. The second-order valence-corrected chi connectivity index (χ2v) is 7.01. The van der Waals surface area contributed by atoms with E-state index in [0.29, 0.717) is 10.7 Å². The van der Waals surface area contributed by atoms with Crippen LogP contribution in [0.1, 0.15) is 38.7 Å². The number of hydrogen-bond donors (Lipinski definition) is 1. The Morgan fingerprint density at radius 1 is 1.38 bits per heavy atom. The molecule has 0 radical (unpaired) electrons. The van der Waals surface area contributed by atoms with Crippen LogP contribution in [0.25, 0.3) is 0 Å². The number of halogens is 1. The molecule has 2 rings (SSSR count). The van der Waals surface area contributed by atoms with E-state index in [4.69, 9.17) is 0 Å². The number of para-hydroxylation sites is 1. The lowest BCUT2D eigenvalue weighted by atomic mass is 10.0. The van der Waals surface area contributed by atoms with E-state index in [1.807, 2.05) is 23.1 Å². The van der Waals surface area contributed by atoms with Crippen molar-refractivity contribution < 1.29 is 4.79 Å². The highest BCUT2D eigenvalue weighted by molar-refractivity contribution is 9.09. The fourth-order valence-corrected chi connectivity index (χ4v) is 3.51. The molecule has 0 bridgehead atoms. The topological polar surface area (TPSA) is 32.3 Å². The smallest absolute Gasteiger partial charge is 0.321 e. The first-order valence-corrected chi connectivity index (χ1v) is 8.82. The summed E-state index contributed by atoms with van der Waals surface area (Å²) in [5.74, 6) is 0.580. The molecule has 0 saturated carbocycles. The van der Waals surface area contributed by atoms with Gasteiger partial charge in [-0.2, -0.15) is 0 Å². The molecular weight excluding hydrogens is 328 g/mol. The van der Waals surface area contributed by atoms with Gasteiger partial charge in [-0.25, -0.2) is 4.79 Å². The number of fused-ring (bicyclic) bond motifs is 1. The fourth-order valence-electron chi connectivity index (χ4n) is 2.79. The first kappa shape index (κ1) is 16.3. The number of nitrogens with one attached hydrogen (secondary N) is 1. The lowest BCUT2D eigenvalue weighted by Crippen LogP contribution is -2.39. The van der Waals surface area contributed by atoms with Crippen LogP contribution in [0.4, 0.5) is 10.5 Å². The number of rotatable bonds is 6. The third-order valence-electron chi connectivity index (χ3n) is 4.19. The molecule has 0 aromatic heterocycles. The van der Waals surface area contributed by atoms with Gasteiger partial charge in [0.05, 0.1) is 0 Å². The highest BCUT2D eigenvalue weighted by Gasteiger charge is 2.23. The van der Waals surface area contributed by atoms with Crippen LogP contribution in [-0.4, -0.2) is 23.9 Å². The number of urea groups is 1. The molecule has 21 heavy (non-hydrogen) atoms. The molecule has 1 aromatic rings. The van der Waals surface area contributed by atoms with Gasteiger partial charge in [-0.3, -0.25) is 4.90 Å². The van der Waals surface area contributed by atoms with Crippen LogP contribution in [-0.2, 0) is 6.42 Å². The summed E-state index contributed by atoms with van der Waals surface area (Å²) in [6.07, 6.45) is 4.35. The number of alkyl halides is 1. The molecule has 2 unspecified atom stereocenters. The zero-order valence-corrected chi connectivity index (χ0v) is 14.5. The van der Waals surface area contributed by atoms with E-state index in [-0.39, 0.29) is 6.03 Å². The van der Waals surface area contributed by atoms with Crippen LogP contribution in [0.5, 0.6) is 0 Å². The second-order valence-electron chi connectivity index (χ2n) is 5.83. The molecule has 0 aliphatic carbocycles. The van der Waals surface area contributed by atoms with Gasteiger partial charge in [-0.1, -0.05) is 54.4 Å². The molecule has 0 saturated heterocycles. The van der Waals surface area contributed by atoms with E-state index < -0.39 is 0 Å². The average Bonchev–Trinajstić information content (AvgIpc) is 2.91. The molecule has 1 aliphatic rings. The third-order valence-corrected chi connectivity index (χ3v) is 5.55. The van der Waals surface area contributed by atoms with Crippen molar-refractivity contribution in [2.24, 2.45) is 5.92 Å². The first-order valence-electron chi connectivity index (χ1n) is 7.90. The van der Waals surface area contributed by atoms with Crippen LogP contribution in [0.3, 0.4) is 0 Å².